The molecule has 1 aliphatic heterocycles. The number of aromatic nitrogens is 1. The van der Waals surface area contributed by atoms with Crippen molar-refractivity contribution in [2.45, 2.75) is 20.4 Å². The number of fused-ring (bicyclic) bond motifs is 1. The summed E-state index contributed by atoms with van der Waals surface area (Å²) in [6.07, 6.45) is 0. The Morgan fingerprint density at radius 1 is 1.33 bits per heavy atom. The number of morpholine rings is 1. The summed E-state index contributed by atoms with van der Waals surface area (Å²) in [6.45, 7) is 10.8. The van der Waals surface area contributed by atoms with Crippen molar-refractivity contribution in [2.75, 3.05) is 59.7 Å². The van der Waals surface area contributed by atoms with E-state index in [4.69, 9.17) is 21.7 Å². The second-order valence-corrected chi connectivity index (χ2v) is 8.08. The van der Waals surface area contributed by atoms with E-state index in [1.54, 1.807) is 7.11 Å². The fourth-order valence-electron chi connectivity index (χ4n) is 3.60. The fraction of sp³-hybridized carbons (Fsp3) is 0.545. The van der Waals surface area contributed by atoms with Crippen LogP contribution < -0.4 is 10.9 Å². The second-order valence-electron chi connectivity index (χ2n) is 7.70. The Labute approximate surface area is 183 Å². The Balaban J connectivity index is 1.78. The summed E-state index contributed by atoms with van der Waals surface area (Å²) < 4.78 is 10.6. The molecule has 0 aliphatic carbocycles. The summed E-state index contributed by atoms with van der Waals surface area (Å²) in [6, 6.07) is 6.14. The second kappa shape index (κ2) is 10.9. The molecule has 0 saturated carbocycles. The van der Waals surface area contributed by atoms with E-state index in [2.05, 4.69) is 39.2 Å². The van der Waals surface area contributed by atoms with Crippen molar-refractivity contribution in [3.05, 3.63) is 45.2 Å². The number of benzene rings is 1. The summed E-state index contributed by atoms with van der Waals surface area (Å²) >= 11 is 5.64. The van der Waals surface area contributed by atoms with Crippen LogP contribution in [0.4, 0.5) is 0 Å². The highest BCUT2D eigenvalue weighted by molar-refractivity contribution is 7.80. The standard InChI is InChI=1S/C22H32N4O3S/c1-16-4-5-18-14-19(21(27)24-20(18)17(16)2)15-26(22(30)23-6-11-28-3)8-7-25-9-12-29-13-10-25/h4-5,14H,6-13,15H2,1-3H3,(H,23,30)(H,24,27). The molecule has 2 heterocycles. The molecule has 0 amide bonds. The third-order valence-corrected chi connectivity index (χ3v) is 6.05. The quantitative estimate of drug-likeness (QED) is 0.487. The number of H-pyrrole nitrogens is 1. The molecule has 2 aromatic rings. The van der Waals surface area contributed by atoms with Gasteiger partial charge in [-0.05, 0) is 48.6 Å². The Morgan fingerprint density at radius 3 is 2.83 bits per heavy atom. The zero-order valence-corrected chi connectivity index (χ0v) is 18.9. The minimum absolute atomic E-state index is 0.0627. The van der Waals surface area contributed by atoms with Gasteiger partial charge in [0.05, 0.1) is 31.9 Å². The van der Waals surface area contributed by atoms with Gasteiger partial charge in [0.2, 0.25) is 0 Å². The molecule has 30 heavy (non-hydrogen) atoms. The van der Waals surface area contributed by atoms with Gasteiger partial charge in [-0.15, -0.1) is 0 Å². The predicted molar refractivity (Wildman–Crippen MR) is 124 cm³/mol. The van der Waals surface area contributed by atoms with Crippen molar-refractivity contribution in [1.82, 2.24) is 20.1 Å². The topological polar surface area (TPSA) is 69.8 Å². The molecule has 164 valence electrons. The lowest BCUT2D eigenvalue weighted by molar-refractivity contribution is 0.0357. The number of thiocarbonyl (C=S) groups is 1. The summed E-state index contributed by atoms with van der Waals surface area (Å²) in [4.78, 5) is 20.3. The number of hydrogen-bond donors (Lipinski definition) is 2. The normalized spacial score (nSPS) is 14.8. The van der Waals surface area contributed by atoms with Gasteiger partial charge in [0.15, 0.2) is 5.11 Å². The average molecular weight is 433 g/mol. The first-order valence-corrected chi connectivity index (χ1v) is 10.8. The smallest absolute Gasteiger partial charge is 0.253 e. The average Bonchev–Trinajstić information content (AvgIpc) is 2.75. The molecule has 1 fully saturated rings. The largest absolute Gasteiger partial charge is 0.383 e. The van der Waals surface area contributed by atoms with E-state index < -0.39 is 0 Å². The van der Waals surface area contributed by atoms with Crippen molar-refractivity contribution in [1.29, 1.82) is 0 Å². The van der Waals surface area contributed by atoms with Crippen LogP contribution in [0.3, 0.4) is 0 Å². The molecule has 0 radical (unpaired) electrons. The van der Waals surface area contributed by atoms with Crippen LogP contribution in [0.5, 0.6) is 0 Å². The van der Waals surface area contributed by atoms with Crippen LogP contribution in [-0.2, 0) is 16.0 Å². The first kappa shape index (κ1) is 22.7. The van der Waals surface area contributed by atoms with Gasteiger partial charge in [0.1, 0.15) is 0 Å². The summed E-state index contributed by atoms with van der Waals surface area (Å²) in [5.74, 6) is 0. The SMILES string of the molecule is COCCNC(=S)N(CCN1CCOCC1)Cc1cc2ccc(C)c(C)c2[nH]c1=O. The molecule has 1 saturated heterocycles. The van der Waals surface area contributed by atoms with Crippen LogP contribution in [-0.4, -0.2) is 79.6 Å². The predicted octanol–water partition coefficient (Wildman–Crippen LogP) is 1.80. The van der Waals surface area contributed by atoms with E-state index in [-0.39, 0.29) is 5.56 Å². The number of aromatic amines is 1. The maximum atomic E-state index is 12.8. The van der Waals surface area contributed by atoms with Gasteiger partial charge in [-0.1, -0.05) is 12.1 Å². The lowest BCUT2D eigenvalue weighted by atomic mass is 10.0. The summed E-state index contributed by atoms with van der Waals surface area (Å²) in [7, 11) is 1.67. The lowest BCUT2D eigenvalue weighted by Gasteiger charge is -2.31. The Hall–Kier alpha value is -2.00. The minimum atomic E-state index is -0.0627. The monoisotopic (exact) mass is 432 g/mol. The number of hydrogen-bond acceptors (Lipinski definition) is 5. The van der Waals surface area contributed by atoms with E-state index in [0.29, 0.717) is 30.4 Å². The maximum absolute atomic E-state index is 12.8. The van der Waals surface area contributed by atoms with Crippen LogP contribution in [0.2, 0.25) is 0 Å². The fourth-order valence-corrected chi connectivity index (χ4v) is 3.86. The van der Waals surface area contributed by atoms with Gasteiger partial charge < -0.3 is 24.7 Å². The van der Waals surface area contributed by atoms with Gasteiger partial charge >= 0.3 is 0 Å². The molecule has 1 aromatic heterocycles. The van der Waals surface area contributed by atoms with Crippen LogP contribution in [0.25, 0.3) is 10.9 Å². The number of nitrogens with one attached hydrogen (secondary N) is 2. The molecule has 8 heteroatoms. The highest BCUT2D eigenvalue weighted by atomic mass is 32.1. The molecule has 7 nitrogen and oxygen atoms in total. The van der Waals surface area contributed by atoms with E-state index in [0.717, 1.165) is 55.9 Å². The number of rotatable bonds is 8. The van der Waals surface area contributed by atoms with Crippen molar-refractivity contribution < 1.29 is 9.47 Å². The summed E-state index contributed by atoms with van der Waals surface area (Å²) in [5.41, 5.74) is 3.83. The molecule has 3 rings (SSSR count). The molecule has 0 bridgehead atoms. The van der Waals surface area contributed by atoms with E-state index >= 15 is 0 Å². The van der Waals surface area contributed by atoms with Crippen LogP contribution in [0.1, 0.15) is 16.7 Å². The van der Waals surface area contributed by atoms with Crippen molar-refractivity contribution in [3.63, 3.8) is 0 Å². The Kier molecular flexibility index (Phi) is 8.21. The van der Waals surface area contributed by atoms with Gasteiger partial charge in [0, 0.05) is 45.4 Å². The summed E-state index contributed by atoms with van der Waals surface area (Å²) in [5, 5.41) is 4.92. The maximum Gasteiger partial charge on any atom is 0.253 e. The highest BCUT2D eigenvalue weighted by Crippen LogP contribution is 2.19. The number of methoxy groups -OCH3 is 1. The number of aryl methyl sites for hydroxylation is 2. The molecular formula is C22H32N4O3S. The van der Waals surface area contributed by atoms with Crippen LogP contribution in [0.15, 0.2) is 23.0 Å². The number of nitrogens with zero attached hydrogens (tertiary/aromatic N) is 2. The van der Waals surface area contributed by atoms with E-state index in [1.165, 1.54) is 5.56 Å². The van der Waals surface area contributed by atoms with E-state index in [9.17, 15) is 4.79 Å². The van der Waals surface area contributed by atoms with Gasteiger partial charge in [0.25, 0.3) is 5.56 Å². The number of pyridine rings is 1. The van der Waals surface area contributed by atoms with Crippen molar-refractivity contribution in [2.24, 2.45) is 0 Å². The van der Waals surface area contributed by atoms with Crippen molar-refractivity contribution in [3.8, 4) is 0 Å². The zero-order valence-electron chi connectivity index (χ0n) is 18.1. The van der Waals surface area contributed by atoms with Crippen LogP contribution in [0, 0.1) is 13.8 Å². The third-order valence-electron chi connectivity index (χ3n) is 5.65. The molecule has 0 atom stereocenters. The first-order valence-electron chi connectivity index (χ1n) is 10.4. The zero-order chi connectivity index (χ0) is 21.5. The highest BCUT2D eigenvalue weighted by Gasteiger charge is 2.17. The minimum Gasteiger partial charge on any atom is -0.383 e. The van der Waals surface area contributed by atoms with E-state index in [1.807, 2.05) is 13.0 Å². The molecule has 0 unspecified atom stereocenters. The van der Waals surface area contributed by atoms with Crippen LogP contribution >= 0.6 is 12.2 Å². The number of ether oxygens (including phenoxy) is 2. The molecule has 1 aromatic carbocycles. The van der Waals surface area contributed by atoms with Gasteiger partial charge in [-0.2, -0.15) is 0 Å². The van der Waals surface area contributed by atoms with Gasteiger partial charge in [-0.3, -0.25) is 9.69 Å². The van der Waals surface area contributed by atoms with Gasteiger partial charge in [-0.25, -0.2) is 0 Å². The Bertz CT molecular complexity index is 924. The first-order chi connectivity index (χ1) is 14.5. The molecule has 2 N–H and O–H groups in total. The molecular weight excluding hydrogens is 400 g/mol. The molecule has 0 spiro atoms. The lowest BCUT2D eigenvalue weighted by Crippen LogP contribution is -2.46. The van der Waals surface area contributed by atoms with Crippen molar-refractivity contribution >= 4 is 28.2 Å². The Morgan fingerprint density at radius 2 is 2.10 bits per heavy atom. The third kappa shape index (κ3) is 5.78. The molecule has 1 aliphatic rings.